The van der Waals surface area contributed by atoms with Crippen LogP contribution in [0.15, 0.2) is 82.7 Å². The third-order valence-corrected chi connectivity index (χ3v) is 10.6. The molecule has 2 aromatic heterocycles. The van der Waals surface area contributed by atoms with Gasteiger partial charge in [0.05, 0.1) is 17.4 Å². The molecule has 234 valence electrons. The Morgan fingerprint density at radius 1 is 1.07 bits per heavy atom. The fourth-order valence-corrected chi connectivity index (χ4v) is 7.75. The molecule has 0 saturated heterocycles. The van der Waals surface area contributed by atoms with E-state index < -0.39 is 17.1 Å². The Kier molecular flexibility index (Phi) is 10.7. The van der Waals surface area contributed by atoms with E-state index in [9.17, 15) is 24.4 Å². The minimum atomic E-state index is -0.487. The van der Waals surface area contributed by atoms with Crippen molar-refractivity contribution in [1.82, 2.24) is 10.2 Å². The summed E-state index contributed by atoms with van der Waals surface area (Å²) in [7, 11) is 0. The quantitative estimate of drug-likeness (QED) is 0.130. The number of nitrogens with one attached hydrogen (secondary N) is 3. The first-order chi connectivity index (χ1) is 22.2. The number of amides is 4. The lowest BCUT2D eigenvalue weighted by molar-refractivity contribution is -0.129. The number of nitrogens with zero attached hydrogens (tertiary/aromatic N) is 2. The molecule has 1 atom stereocenters. The van der Waals surface area contributed by atoms with Gasteiger partial charge < -0.3 is 20.9 Å². The summed E-state index contributed by atoms with van der Waals surface area (Å²) in [6, 6.07) is 21.8. The van der Waals surface area contributed by atoms with Gasteiger partial charge in [-0.15, -0.1) is 34.4 Å². The number of rotatable bonds is 10. The monoisotopic (exact) mass is 669 g/mol. The SMILES string of the molecule is CCC(Sc1cccc(NC(=O)/C(=C/c2cccs2)NC(=O)c2ccccc2)c1)C(=O)Nc1sc2c(c1C#N)CCN(C(C)=O)C2. The second kappa shape index (κ2) is 15.1. The van der Waals surface area contributed by atoms with Gasteiger partial charge in [-0.3, -0.25) is 19.2 Å². The molecule has 9 nitrogen and oxygen atoms in total. The van der Waals surface area contributed by atoms with Gasteiger partial charge in [0.1, 0.15) is 16.8 Å². The molecule has 4 amide bonds. The van der Waals surface area contributed by atoms with Crippen molar-refractivity contribution in [2.24, 2.45) is 0 Å². The molecule has 0 aliphatic carbocycles. The van der Waals surface area contributed by atoms with Crippen molar-refractivity contribution < 1.29 is 19.2 Å². The van der Waals surface area contributed by atoms with Crippen LogP contribution in [0, 0.1) is 11.3 Å². The summed E-state index contributed by atoms with van der Waals surface area (Å²) in [5.74, 6) is -1.14. The van der Waals surface area contributed by atoms with Gasteiger partial charge in [0, 0.05) is 39.4 Å². The number of carbonyl (C=O) groups is 4. The normalized spacial score (nSPS) is 13.2. The van der Waals surface area contributed by atoms with Crippen LogP contribution in [0.2, 0.25) is 0 Å². The van der Waals surface area contributed by atoms with Crippen molar-refractivity contribution >= 4 is 74.8 Å². The molecule has 0 bridgehead atoms. The maximum atomic E-state index is 13.4. The third-order valence-electron chi connectivity index (χ3n) is 7.24. The van der Waals surface area contributed by atoms with E-state index in [1.807, 2.05) is 36.6 Å². The number of nitriles is 1. The first-order valence-electron chi connectivity index (χ1n) is 14.6. The molecule has 1 aliphatic heterocycles. The number of thiophene rings is 2. The molecule has 0 saturated carbocycles. The van der Waals surface area contributed by atoms with E-state index >= 15 is 0 Å². The molecule has 0 radical (unpaired) electrons. The van der Waals surface area contributed by atoms with Gasteiger partial charge in [-0.2, -0.15) is 5.26 Å². The van der Waals surface area contributed by atoms with Crippen LogP contribution in [-0.4, -0.2) is 40.3 Å². The summed E-state index contributed by atoms with van der Waals surface area (Å²) in [6.07, 6.45) is 2.73. The van der Waals surface area contributed by atoms with Gasteiger partial charge in [-0.1, -0.05) is 37.3 Å². The van der Waals surface area contributed by atoms with Crippen molar-refractivity contribution in [2.45, 2.75) is 43.4 Å². The van der Waals surface area contributed by atoms with Crippen molar-refractivity contribution in [3.05, 3.63) is 104 Å². The van der Waals surface area contributed by atoms with Gasteiger partial charge in [0.25, 0.3) is 11.8 Å². The van der Waals surface area contributed by atoms with Gasteiger partial charge in [0.15, 0.2) is 0 Å². The molecule has 0 fully saturated rings. The number of thioether (sulfide) groups is 1. The molecule has 4 aromatic rings. The molecule has 3 heterocycles. The van der Waals surface area contributed by atoms with E-state index in [1.54, 1.807) is 53.4 Å². The van der Waals surface area contributed by atoms with Crippen LogP contribution < -0.4 is 16.0 Å². The highest BCUT2D eigenvalue weighted by Gasteiger charge is 2.28. The van der Waals surface area contributed by atoms with E-state index in [1.165, 1.54) is 41.4 Å². The molecule has 46 heavy (non-hydrogen) atoms. The average molecular weight is 670 g/mol. The highest BCUT2D eigenvalue weighted by atomic mass is 32.2. The number of hydrogen-bond acceptors (Lipinski definition) is 8. The molecule has 12 heteroatoms. The Hall–Kier alpha value is -4.70. The number of hydrogen-bond donors (Lipinski definition) is 3. The molecule has 5 rings (SSSR count). The Balaban J connectivity index is 1.28. The smallest absolute Gasteiger partial charge is 0.272 e. The molecule has 1 unspecified atom stereocenters. The second-order valence-electron chi connectivity index (χ2n) is 10.4. The summed E-state index contributed by atoms with van der Waals surface area (Å²) in [4.78, 5) is 55.8. The van der Waals surface area contributed by atoms with Gasteiger partial charge in [0.2, 0.25) is 11.8 Å². The first-order valence-corrected chi connectivity index (χ1v) is 17.1. The molecule has 2 aromatic carbocycles. The standard InChI is InChI=1S/C34H31N5O4S3/c1-3-29(33(43)38-34-27(19-35)26-14-15-39(21(2)40)20-30(26)46-34)45-25-12-7-11-23(17-25)36-32(42)28(18-24-13-8-16-44-24)37-31(41)22-9-5-4-6-10-22/h4-13,16-18,29H,3,14-15,20H2,1-2H3,(H,36,42)(H,37,41)(H,38,43)/b28-18-. The van der Waals surface area contributed by atoms with Crippen LogP contribution in [0.25, 0.3) is 6.08 Å². The number of anilines is 2. The van der Waals surface area contributed by atoms with E-state index in [2.05, 4.69) is 22.0 Å². The Labute approximate surface area is 279 Å². The molecular weight excluding hydrogens is 639 g/mol. The average Bonchev–Trinajstić information content (AvgIpc) is 3.70. The summed E-state index contributed by atoms with van der Waals surface area (Å²) >= 11 is 4.14. The fraction of sp³-hybridized carbons (Fsp3) is 0.206. The lowest BCUT2D eigenvalue weighted by Gasteiger charge is -2.25. The van der Waals surface area contributed by atoms with E-state index in [-0.39, 0.29) is 17.5 Å². The number of fused-ring (bicyclic) bond motifs is 1. The van der Waals surface area contributed by atoms with Crippen LogP contribution >= 0.6 is 34.4 Å². The van der Waals surface area contributed by atoms with E-state index in [4.69, 9.17) is 0 Å². The highest BCUT2D eigenvalue weighted by molar-refractivity contribution is 8.00. The summed E-state index contributed by atoms with van der Waals surface area (Å²) in [5, 5.41) is 20.4. The zero-order valence-corrected chi connectivity index (χ0v) is 27.6. The first kappa shape index (κ1) is 32.7. The van der Waals surface area contributed by atoms with Crippen LogP contribution in [0.3, 0.4) is 0 Å². The predicted octanol–water partition coefficient (Wildman–Crippen LogP) is 6.50. The largest absolute Gasteiger partial charge is 0.337 e. The van der Waals surface area contributed by atoms with E-state index in [0.717, 1.165) is 20.2 Å². The Morgan fingerprint density at radius 2 is 1.87 bits per heavy atom. The second-order valence-corrected chi connectivity index (χ2v) is 13.8. The number of carbonyl (C=O) groups excluding carboxylic acids is 4. The van der Waals surface area contributed by atoms with Crippen molar-refractivity contribution in [1.29, 1.82) is 5.26 Å². The number of benzene rings is 2. The molecule has 3 N–H and O–H groups in total. The van der Waals surface area contributed by atoms with Crippen molar-refractivity contribution in [3.63, 3.8) is 0 Å². The minimum Gasteiger partial charge on any atom is -0.337 e. The predicted molar refractivity (Wildman–Crippen MR) is 184 cm³/mol. The van der Waals surface area contributed by atoms with Gasteiger partial charge in [-0.25, -0.2) is 0 Å². The van der Waals surface area contributed by atoms with E-state index in [0.29, 0.717) is 47.7 Å². The fourth-order valence-electron chi connectivity index (χ4n) is 4.86. The zero-order chi connectivity index (χ0) is 32.6. The lowest BCUT2D eigenvalue weighted by atomic mass is 10.0. The summed E-state index contributed by atoms with van der Waals surface area (Å²) < 4.78 is 0. The molecular formula is C34H31N5O4S3. The Bertz CT molecular complexity index is 1830. The summed E-state index contributed by atoms with van der Waals surface area (Å²) in [5.41, 5.74) is 2.39. The minimum absolute atomic E-state index is 0.0179. The van der Waals surface area contributed by atoms with Gasteiger partial charge >= 0.3 is 0 Å². The maximum Gasteiger partial charge on any atom is 0.272 e. The van der Waals surface area contributed by atoms with Crippen LogP contribution in [-0.2, 0) is 27.3 Å². The van der Waals surface area contributed by atoms with Gasteiger partial charge in [-0.05, 0) is 66.3 Å². The Morgan fingerprint density at radius 3 is 2.57 bits per heavy atom. The summed E-state index contributed by atoms with van der Waals surface area (Å²) in [6.45, 7) is 4.42. The van der Waals surface area contributed by atoms with Crippen LogP contribution in [0.5, 0.6) is 0 Å². The lowest BCUT2D eigenvalue weighted by Crippen LogP contribution is -2.33. The highest BCUT2D eigenvalue weighted by Crippen LogP contribution is 2.37. The van der Waals surface area contributed by atoms with Crippen LogP contribution in [0.1, 0.15) is 51.5 Å². The van der Waals surface area contributed by atoms with Crippen molar-refractivity contribution in [3.8, 4) is 6.07 Å². The maximum absolute atomic E-state index is 13.4. The van der Waals surface area contributed by atoms with Crippen molar-refractivity contribution in [2.75, 3.05) is 17.2 Å². The third kappa shape index (κ3) is 7.92. The zero-order valence-electron chi connectivity index (χ0n) is 25.2. The van der Waals surface area contributed by atoms with Crippen LogP contribution in [0.4, 0.5) is 10.7 Å². The molecule has 0 spiro atoms. The molecule has 1 aliphatic rings. The topological polar surface area (TPSA) is 131 Å².